The van der Waals surface area contributed by atoms with Crippen LogP contribution >= 0.6 is 11.6 Å². The van der Waals surface area contributed by atoms with Gasteiger partial charge in [-0.2, -0.15) is 9.65 Å². The molecule has 1 aliphatic rings. The molecule has 0 aromatic carbocycles. The number of hydrogen-bond donors (Lipinski definition) is 0. The Bertz CT molecular complexity index is 395. The van der Waals surface area contributed by atoms with Gasteiger partial charge < -0.3 is 0 Å². The van der Waals surface area contributed by atoms with Gasteiger partial charge in [-0.05, 0) is 13.0 Å². The van der Waals surface area contributed by atoms with E-state index in [2.05, 4.69) is 0 Å². The lowest BCUT2D eigenvalue weighted by Crippen LogP contribution is -2.29. The van der Waals surface area contributed by atoms with Crippen LogP contribution < -0.4 is 0 Å². The summed E-state index contributed by atoms with van der Waals surface area (Å²) < 4.78 is 13.2. The number of allylic oxidation sites excluding steroid dienone is 3. The molecule has 0 N–H and O–H groups in total. The van der Waals surface area contributed by atoms with Gasteiger partial charge in [0, 0.05) is 18.4 Å². The van der Waals surface area contributed by atoms with Gasteiger partial charge in [0.1, 0.15) is 0 Å². The first kappa shape index (κ1) is 11.7. The van der Waals surface area contributed by atoms with E-state index < -0.39 is 27.2 Å². The zero-order chi connectivity index (χ0) is 11.6. The first-order valence-electron chi connectivity index (χ1n) is 4.19. The molecule has 0 amide bonds. The predicted molar refractivity (Wildman–Crippen MR) is 52.2 cm³/mol. The van der Waals surface area contributed by atoms with E-state index in [-0.39, 0.29) is 6.42 Å². The molecule has 1 aliphatic carbocycles. The summed E-state index contributed by atoms with van der Waals surface area (Å²) >= 11 is 5.95. The third kappa shape index (κ3) is 2.34. The molecule has 1 rings (SSSR count). The third-order valence-corrected chi connectivity index (χ3v) is 2.64. The fourth-order valence-corrected chi connectivity index (χ4v) is 1.60. The van der Waals surface area contributed by atoms with E-state index in [0.29, 0.717) is 0 Å². The number of nitriles is 1. The molecule has 0 aliphatic heterocycles. The molecule has 0 fully saturated rings. The van der Waals surface area contributed by atoms with Crippen molar-refractivity contribution in [2.24, 2.45) is 5.92 Å². The molecule has 0 saturated heterocycles. The van der Waals surface area contributed by atoms with Crippen LogP contribution in [0.25, 0.3) is 0 Å². The van der Waals surface area contributed by atoms with Gasteiger partial charge in [-0.15, -0.1) is 11.6 Å². The lowest BCUT2D eigenvalue weighted by atomic mass is 9.85. The Morgan fingerprint density at radius 1 is 1.87 bits per heavy atom. The topological polar surface area (TPSA) is 66.9 Å². The van der Waals surface area contributed by atoms with Crippen LogP contribution in [0.1, 0.15) is 13.3 Å². The van der Waals surface area contributed by atoms with Crippen LogP contribution in [0.4, 0.5) is 4.39 Å². The number of halogens is 2. The minimum atomic E-state index is -1.08. The van der Waals surface area contributed by atoms with Gasteiger partial charge in [0.15, 0.2) is 5.83 Å². The van der Waals surface area contributed by atoms with E-state index in [1.54, 1.807) is 0 Å². The molecule has 80 valence electrons. The predicted octanol–water partition coefficient (Wildman–Crippen LogP) is 2.54. The Morgan fingerprint density at radius 2 is 2.47 bits per heavy atom. The summed E-state index contributed by atoms with van der Waals surface area (Å²) in [6.45, 7) is 1.52. The number of nitro groups is 1. The highest BCUT2D eigenvalue weighted by atomic mass is 35.5. The number of hydrogen-bond acceptors (Lipinski definition) is 3. The number of nitrogens with zero attached hydrogens (tertiary/aromatic N) is 2. The van der Waals surface area contributed by atoms with Gasteiger partial charge in [-0.3, -0.25) is 10.1 Å². The van der Waals surface area contributed by atoms with Crippen molar-refractivity contribution in [1.29, 1.82) is 5.26 Å². The SMILES string of the molecule is CC1(Cl)C=C(F)C([N+](=O)[O-])=CC1CC#N. The maximum Gasteiger partial charge on any atom is 0.300 e. The highest BCUT2D eigenvalue weighted by Gasteiger charge is 2.37. The van der Waals surface area contributed by atoms with Gasteiger partial charge in [-0.25, -0.2) is 0 Å². The second-order valence-electron chi connectivity index (χ2n) is 3.42. The van der Waals surface area contributed by atoms with Crippen LogP contribution in [0.3, 0.4) is 0 Å². The fraction of sp³-hybridized carbons (Fsp3) is 0.444. The maximum absolute atomic E-state index is 13.2. The van der Waals surface area contributed by atoms with E-state index in [0.717, 1.165) is 12.2 Å². The second kappa shape index (κ2) is 3.99. The van der Waals surface area contributed by atoms with Crippen LogP contribution in [-0.2, 0) is 0 Å². The standard InChI is InChI=1S/C9H8ClFN2O2/c1-9(10)5-7(11)8(13(14)15)4-6(9)2-3-12/h4-6H,2H2,1H3. The van der Waals surface area contributed by atoms with E-state index in [9.17, 15) is 14.5 Å². The minimum Gasteiger partial charge on any atom is -0.258 e. The highest BCUT2D eigenvalue weighted by Crippen LogP contribution is 2.38. The molecule has 0 heterocycles. The summed E-state index contributed by atoms with van der Waals surface area (Å²) in [5.41, 5.74) is -0.617. The smallest absolute Gasteiger partial charge is 0.258 e. The first-order valence-corrected chi connectivity index (χ1v) is 4.57. The monoisotopic (exact) mass is 230 g/mol. The quantitative estimate of drug-likeness (QED) is 0.416. The van der Waals surface area contributed by atoms with E-state index >= 15 is 0 Å². The molecule has 6 heteroatoms. The maximum atomic E-state index is 13.2. The average Bonchev–Trinajstić information content (AvgIpc) is 2.08. The van der Waals surface area contributed by atoms with Crippen molar-refractivity contribution in [1.82, 2.24) is 0 Å². The molecule has 0 spiro atoms. The molecule has 0 bridgehead atoms. The van der Waals surface area contributed by atoms with Gasteiger partial charge in [0.25, 0.3) is 0 Å². The molecule has 0 radical (unpaired) electrons. The second-order valence-corrected chi connectivity index (χ2v) is 4.24. The van der Waals surface area contributed by atoms with Gasteiger partial charge >= 0.3 is 5.70 Å². The largest absolute Gasteiger partial charge is 0.300 e. The molecular weight excluding hydrogens is 223 g/mol. The molecular formula is C9H8ClFN2O2. The van der Waals surface area contributed by atoms with Gasteiger partial charge in [-0.1, -0.05) is 0 Å². The Balaban J connectivity index is 3.10. The van der Waals surface area contributed by atoms with Crippen molar-refractivity contribution >= 4 is 11.6 Å². The van der Waals surface area contributed by atoms with Crippen molar-refractivity contribution in [3.8, 4) is 6.07 Å². The number of alkyl halides is 1. The Hall–Kier alpha value is -1.41. The van der Waals surface area contributed by atoms with Crippen molar-refractivity contribution < 1.29 is 9.31 Å². The summed E-state index contributed by atoms with van der Waals surface area (Å²) in [4.78, 5) is 8.55. The van der Waals surface area contributed by atoms with Gasteiger partial charge in [0.05, 0.1) is 15.9 Å². The zero-order valence-electron chi connectivity index (χ0n) is 7.91. The van der Waals surface area contributed by atoms with E-state index in [4.69, 9.17) is 16.9 Å². The Morgan fingerprint density at radius 3 is 2.93 bits per heavy atom. The van der Waals surface area contributed by atoms with Crippen LogP contribution in [0.15, 0.2) is 23.7 Å². The summed E-state index contributed by atoms with van der Waals surface area (Å²) in [5, 5.41) is 19.0. The van der Waals surface area contributed by atoms with E-state index in [1.807, 2.05) is 6.07 Å². The van der Waals surface area contributed by atoms with Crippen molar-refractivity contribution in [2.45, 2.75) is 18.2 Å². The summed E-state index contributed by atoms with van der Waals surface area (Å²) in [6, 6.07) is 1.86. The lowest BCUT2D eigenvalue weighted by Gasteiger charge is -2.27. The summed E-state index contributed by atoms with van der Waals surface area (Å²) in [7, 11) is 0. The normalized spacial score (nSPS) is 30.1. The van der Waals surface area contributed by atoms with Crippen LogP contribution in [-0.4, -0.2) is 9.80 Å². The molecule has 0 aromatic rings. The van der Waals surface area contributed by atoms with Crippen molar-refractivity contribution in [3.05, 3.63) is 33.8 Å². The highest BCUT2D eigenvalue weighted by molar-refractivity contribution is 6.25. The number of rotatable bonds is 2. The molecule has 15 heavy (non-hydrogen) atoms. The minimum absolute atomic E-state index is 0.0150. The first-order chi connectivity index (χ1) is 6.88. The lowest BCUT2D eigenvalue weighted by molar-refractivity contribution is -0.423. The fourth-order valence-electron chi connectivity index (χ4n) is 1.37. The molecule has 2 atom stereocenters. The molecule has 4 nitrogen and oxygen atoms in total. The van der Waals surface area contributed by atoms with Crippen LogP contribution in [0.5, 0.6) is 0 Å². The van der Waals surface area contributed by atoms with Crippen molar-refractivity contribution in [3.63, 3.8) is 0 Å². The molecule has 0 saturated carbocycles. The van der Waals surface area contributed by atoms with E-state index in [1.165, 1.54) is 6.92 Å². The van der Waals surface area contributed by atoms with Gasteiger partial charge in [0.2, 0.25) is 0 Å². The molecule has 0 aromatic heterocycles. The zero-order valence-corrected chi connectivity index (χ0v) is 8.66. The van der Waals surface area contributed by atoms with Crippen molar-refractivity contribution in [2.75, 3.05) is 0 Å². The Kier molecular flexibility index (Phi) is 3.10. The summed E-state index contributed by atoms with van der Waals surface area (Å²) in [6.07, 6.45) is 2.10. The summed E-state index contributed by atoms with van der Waals surface area (Å²) in [5.74, 6) is -1.50. The third-order valence-electron chi connectivity index (χ3n) is 2.25. The molecule has 2 unspecified atom stereocenters. The van der Waals surface area contributed by atoms with Crippen LogP contribution in [0.2, 0.25) is 0 Å². The van der Waals surface area contributed by atoms with Crippen LogP contribution in [0, 0.1) is 27.4 Å². The Labute approximate surface area is 90.8 Å². The average molecular weight is 231 g/mol.